The zero-order chi connectivity index (χ0) is 14.7. The minimum Gasteiger partial charge on any atom is -0.399 e. The number of carbonyl (C=O) groups excluding carboxylic acids is 1. The number of likely N-dealkylation sites (N-methyl/N-ethyl adjacent to an activating group) is 1. The average Bonchev–Trinajstić information content (AvgIpc) is 3.22. The summed E-state index contributed by atoms with van der Waals surface area (Å²) in [6.07, 6.45) is 2.57. The molecule has 110 valence electrons. The molecule has 5 heteroatoms. The maximum atomic E-state index is 12.3. The predicted octanol–water partition coefficient (Wildman–Crippen LogP) is 2.98. The van der Waals surface area contributed by atoms with Crippen LogP contribution < -0.4 is 11.1 Å². The molecule has 1 aliphatic carbocycles. The smallest absolute Gasteiger partial charge is 0.241 e. The van der Waals surface area contributed by atoms with Crippen LogP contribution in [0.15, 0.2) is 18.2 Å². The molecule has 1 atom stereocenters. The highest BCUT2D eigenvalue weighted by atomic mass is 35.5. The number of carbonyl (C=O) groups is 1. The normalized spacial score (nSPS) is 16.2. The van der Waals surface area contributed by atoms with Crippen LogP contribution >= 0.6 is 11.6 Å². The zero-order valence-corrected chi connectivity index (χ0v) is 12.8. The number of benzene rings is 1. The summed E-state index contributed by atoms with van der Waals surface area (Å²) >= 11 is 6.08. The molecular formula is C15H22ClN3O. The van der Waals surface area contributed by atoms with Crippen molar-refractivity contribution in [3.63, 3.8) is 0 Å². The predicted molar refractivity (Wildman–Crippen MR) is 83.9 cm³/mol. The molecule has 1 aliphatic rings. The molecule has 0 radical (unpaired) electrons. The van der Waals surface area contributed by atoms with Crippen LogP contribution in [0.1, 0.15) is 26.7 Å². The summed E-state index contributed by atoms with van der Waals surface area (Å²) in [5.74, 6) is 0.740. The van der Waals surface area contributed by atoms with E-state index in [4.69, 9.17) is 17.3 Å². The van der Waals surface area contributed by atoms with E-state index in [1.807, 2.05) is 6.92 Å². The van der Waals surface area contributed by atoms with Gasteiger partial charge in [-0.1, -0.05) is 18.5 Å². The SMILES string of the molecule is CCN(CC1CC1)C(C)C(=O)Nc1ccc(N)cc1Cl. The summed E-state index contributed by atoms with van der Waals surface area (Å²) in [7, 11) is 0. The second-order valence-corrected chi connectivity index (χ2v) is 5.84. The first kappa shape index (κ1) is 15.1. The van der Waals surface area contributed by atoms with E-state index in [1.54, 1.807) is 18.2 Å². The first-order chi connectivity index (χ1) is 9.51. The second kappa shape index (κ2) is 6.46. The van der Waals surface area contributed by atoms with Crippen molar-refractivity contribution in [3.05, 3.63) is 23.2 Å². The lowest BCUT2D eigenvalue weighted by Gasteiger charge is -2.27. The molecule has 4 nitrogen and oxygen atoms in total. The quantitative estimate of drug-likeness (QED) is 0.793. The van der Waals surface area contributed by atoms with Crippen molar-refractivity contribution in [1.29, 1.82) is 0 Å². The summed E-state index contributed by atoms with van der Waals surface area (Å²) in [6.45, 7) is 5.90. The molecule has 1 aromatic rings. The van der Waals surface area contributed by atoms with Crippen LogP contribution in [0.25, 0.3) is 0 Å². The number of nitrogens with zero attached hydrogens (tertiary/aromatic N) is 1. The van der Waals surface area contributed by atoms with Crippen LogP contribution in [0.5, 0.6) is 0 Å². The highest BCUT2D eigenvalue weighted by molar-refractivity contribution is 6.34. The van der Waals surface area contributed by atoms with E-state index < -0.39 is 0 Å². The van der Waals surface area contributed by atoms with Crippen LogP contribution in [0, 0.1) is 5.92 Å². The Morgan fingerprint density at radius 1 is 1.55 bits per heavy atom. The van der Waals surface area contributed by atoms with Gasteiger partial charge in [-0.05, 0) is 50.4 Å². The lowest BCUT2D eigenvalue weighted by molar-refractivity contribution is -0.120. The van der Waals surface area contributed by atoms with Gasteiger partial charge in [0, 0.05) is 12.2 Å². The van der Waals surface area contributed by atoms with Crippen LogP contribution in [0.4, 0.5) is 11.4 Å². The number of halogens is 1. The fourth-order valence-electron chi connectivity index (χ4n) is 2.23. The number of nitrogens with two attached hydrogens (primary N) is 1. The third-order valence-corrected chi connectivity index (χ3v) is 4.09. The van der Waals surface area contributed by atoms with Crippen molar-refractivity contribution in [2.24, 2.45) is 5.92 Å². The first-order valence-electron chi connectivity index (χ1n) is 7.11. The van der Waals surface area contributed by atoms with E-state index in [0.29, 0.717) is 16.4 Å². The van der Waals surface area contributed by atoms with Gasteiger partial charge < -0.3 is 11.1 Å². The Kier molecular flexibility index (Phi) is 4.89. The van der Waals surface area contributed by atoms with E-state index in [9.17, 15) is 4.79 Å². The molecule has 1 saturated carbocycles. The Bertz CT molecular complexity index is 488. The van der Waals surface area contributed by atoms with Gasteiger partial charge in [-0.3, -0.25) is 9.69 Å². The van der Waals surface area contributed by atoms with Gasteiger partial charge in [-0.15, -0.1) is 0 Å². The van der Waals surface area contributed by atoms with Crippen LogP contribution in [-0.2, 0) is 4.79 Å². The summed E-state index contributed by atoms with van der Waals surface area (Å²) in [6, 6.07) is 4.95. The lowest BCUT2D eigenvalue weighted by Crippen LogP contribution is -2.43. The van der Waals surface area contributed by atoms with E-state index in [2.05, 4.69) is 17.1 Å². The summed E-state index contributed by atoms with van der Waals surface area (Å²) < 4.78 is 0. The van der Waals surface area contributed by atoms with Gasteiger partial charge >= 0.3 is 0 Å². The number of nitrogen functional groups attached to an aromatic ring is 1. The maximum absolute atomic E-state index is 12.3. The number of anilines is 2. The molecule has 1 aromatic carbocycles. The zero-order valence-electron chi connectivity index (χ0n) is 12.0. The third kappa shape index (κ3) is 3.87. The minimum absolute atomic E-state index is 0.0285. The van der Waals surface area contributed by atoms with Gasteiger partial charge in [0.1, 0.15) is 0 Å². The monoisotopic (exact) mass is 295 g/mol. The second-order valence-electron chi connectivity index (χ2n) is 5.44. The number of amides is 1. The molecule has 0 aliphatic heterocycles. The fourth-order valence-corrected chi connectivity index (χ4v) is 2.47. The molecule has 20 heavy (non-hydrogen) atoms. The Morgan fingerprint density at radius 3 is 2.80 bits per heavy atom. The Hall–Kier alpha value is -1.26. The molecule has 0 aromatic heterocycles. The topological polar surface area (TPSA) is 58.4 Å². The van der Waals surface area contributed by atoms with Crippen LogP contribution in [0.2, 0.25) is 5.02 Å². The molecule has 1 fully saturated rings. The van der Waals surface area contributed by atoms with Gasteiger partial charge in [-0.25, -0.2) is 0 Å². The Balaban J connectivity index is 1.98. The molecule has 0 heterocycles. The molecular weight excluding hydrogens is 274 g/mol. The lowest BCUT2D eigenvalue weighted by atomic mass is 10.2. The van der Waals surface area contributed by atoms with E-state index >= 15 is 0 Å². The third-order valence-electron chi connectivity index (χ3n) is 3.77. The molecule has 3 N–H and O–H groups in total. The molecule has 0 spiro atoms. The minimum atomic E-state index is -0.158. The van der Waals surface area contributed by atoms with Crippen molar-refractivity contribution in [2.45, 2.75) is 32.7 Å². The van der Waals surface area contributed by atoms with Gasteiger partial charge in [0.25, 0.3) is 0 Å². The van der Waals surface area contributed by atoms with Crippen molar-refractivity contribution in [3.8, 4) is 0 Å². The first-order valence-corrected chi connectivity index (χ1v) is 7.49. The maximum Gasteiger partial charge on any atom is 0.241 e. The van der Waals surface area contributed by atoms with Crippen LogP contribution in [0.3, 0.4) is 0 Å². The highest BCUT2D eigenvalue weighted by Gasteiger charge is 2.28. The molecule has 1 amide bonds. The van der Waals surface area contributed by atoms with E-state index in [1.165, 1.54) is 12.8 Å². The van der Waals surface area contributed by atoms with E-state index in [-0.39, 0.29) is 11.9 Å². The van der Waals surface area contributed by atoms with Gasteiger partial charge in [0.2, 0.25) is 5.91 Å². The highest BCUT2D eigenvalue weighted by Crippen LogP contribution is 2.30. The number of hydrogen-bond donors (Lipinski definition) is 2. The summed E-state index contributed by atoms with van der Waals surface area (Å²) in [5.41, 5.74) is 6.84. The molecule has 0 saturated heterocycles. The van der Waals surface area contributed by atoms with E-state index in [0.717, 1.165) is 19.0 Å². The molecule has 0 bridgehead atoms. The van der Waals surface area contributed by atoms with Gasteiger partial charge in [0.05, 0.1) is 16.8 Å². The van der Waals surface area contributed by atoms with Gasteiger partial charge in [0.15, 0.2) is 0 Å². The van der Waals surface area contributed by atoms with Crippen molar-refractivity contribution in [2.75, 3.05) is 24.1 Å². The van der Waals surface area contributed by atoms with Crippen molar-refractivity contribution >= 4 is 28.9 Å². The number of rotatable bonds is 6. The summed E-state index contributed by atoms with van der Waals surface area (Å²) in [5, 5.41) is 3.35. The molecule has 1 unspecified atom stereocenters. The van der Waals surface area contributed by atoms with Gasteiger partial charge in [-0.2, -0.15) is 0 Å². The summed E-state index contributed by atoms with van der Waals surface area (Å²) in [4.78, 5) is 14.5. The Labute approximate surface area is 125 Å². The molecule has 2 rings (SSSR count). The number of nitrogens with one attached hydrogen (secondary N) is 1. The van der Waals surface area contributed by atoms with Crippen molar-refractivity contribution < 1.29 is 4.79 Å². The average molecular weight is 296 g/mol. The largest absolute Gasteiger partial charge is 0.399 e. The van der Waals surface area contributed by atoms with Crippen molar-refractivity contribution in [1.82, 2.24) is 4.90 Å². The van der Waals surface area contributed by atoms with Crippen LogP contribution in [-0.4, -0.2) is 29.9 Å². The number of hydrogen-bond acceptors (Lipinski definition) is 3. The standard InChI is InChI=1S/C15H22ClN3O/c1-3-19(9-11-4-5-11)10(2)15(20)18-14-7-6-12(17)8-13(14)16/h6-8,10-11H,3-5,9,17H2,1-2H3,(H,18,20). The Morgan fingerprint density at radius 2 is 2.25 bits per heavy atom. The fraction of sp³-hybridized carbons (Fsp3) is 0.533.